The lowest BCUT2D eigenvalue weighted by Gasteiger charge is -2.11. The number of fused-ring (bicyclic) bond motifs is 12. The molecule has 0 amide bonds. The average Bonchev–Trinajstić information content (AvgIpc) is 4.43. The van der Waals surface area contributed by atoms with Crippen LogP contribution in [-0.4, -0.2) is 39.0 Å². The number of furan rings is 2. The molecule has 16 aromatic rings. The van der Waals surface area contributed by atoms with E-state index in [1.54, 1.807) is 0 Å². The van der Waals surface area contributed by atoms with Crippen molar-refractivity contribution >= 4 is 87.5 Å². The average molecular weight is 1000 g/mol. The maximum Gasteiger partial charge on any atom is 0.238 e. The molecule has 0 spiro atoms. The summed E-state index contributed by atoms with van der Waals surface area (Å²) < 4.78 is 17.5. The van der Waals surface area contributed by atoms with Gasteiger partial charge in [0.25, 0.3) is 0 Å². The highest BCUT2D eigenvalue weighted by molar-refractivity contribution is 6.18. The molecule has 0 saturated carbocycles. The van der Waals surface area contributed by atoms with E-state index >= 15 is 0 Å². The number of hydrogen-bond acceptors (Lipinski definition) is 8. The quantitative estimate of drug-likeness (QED) is 0.148. The Hall–Kier alpha value is -10.6. The Morgan fingerprint density at radius 3 is 1.24 bits per heavy atom. The van der Waals surface area contributed by atoms with Crippen molar-refractivity contribution in [2.45, 2.75) is 13.3 Å². The van der Waals surface area contributed by atoms with Gasteiger partial charge >= 0.3 is 0 Å². The van der Waals surface area contributed by atoms with Gasteiger partial charge in [-0.2, -0.15) is 19.9 Å². The normalized spacial score (nSPS) is 12.0. The molecule has 0 N–H and O–H groups in total. The first-order chi connectivity index (χ1) is 38.5. The summed E-state index contributed by atoms with van der Waals surface area (Å²) in [5.41, 5.74) is 14.3. The van der Waals surface area contributed by atoms with Gasteiger partial charge in [0.05, 0.1) is 22.1 Å². The third-order valence-electron chi connectivity index (χ3n) is 15.1. The minimum absolute atomic E-state index is 0.531. The largest absolute Gasteiger partial charge is 0.456 e. The van der Waals surface area contributed by atoms with Gasteiger partial charge in [0.1, 0.15) is 22.3 Å². The second-order valence-electron chi connectivity index (χ2n) is 20.0. The van der Waals surface area contributed by atoms with Crippen molar-refractivity contribution < 1.29 is 8.83 Å². The van der Waals surface area contributed by atoms with Gasteiger partial charge in [-0.25, -0.2) is 9.97 Å². The van der Waals surface area contributed by atoms with Crippen molar-refractivity contribution in [2.24, 2.45) is 0 Å². The smallest absolute Gasteiger partial charge is 0.238 e. The van der Waals surface area contributed by atoms with Crippen molar-refractivity contribution in [1.29, 1.82) is 0 Å². The maximum atomic E-state index is 6.67. The number of para-hydroxylation sites is 2. The van der Waals surface area contributed by atoms with Crippen LogP contribution in [0.2, 0.25) is 0 Å². The van der Waals surface area contributed by atoms with Gasteiger partial charge in [-0.3, -0.25) is 9.13 Å². The highest BCUT2D eigenvalue weighted by atomic mass is 16.3. The lowest BCUT2D eigenvalue weighted by molar-refractivity contribution is 0.668. The molecule has 0 fully saturated rings. The second kappa shape index (κ2) is 17.2. The van der Waals surface area contributed by atoms with E-state index in [1.165, 1.54) is 5.56 Å². The Bertz CT molecular complexity index is 5000. The molecule has 10 heteroatoms. The Morgan fingerprint density at radius 1 is 0.295 bits per heavy atom. The number of aryl methyl sites for hydroxylation is 1. The van der Waals surface area contributed by atoms with Gasteiger partial charge in [-0.05, 0) is 72.5 Å². The number of hydrogen-bond donors (Lipinski definition) is 0. The number of aromatic nitrogens is 8. The van der Waals surface area contributed by atoms with E-state index in [1.807, 2.05) is 91.0 Å². The van der Waals surface area contributed by atoms with E-state index in [2.05, 4.69) is 150 Å². The molecule has 0 atom stereocenters. The molecule has 6 aromatic heterocycles. The van der Waals surface area contributed by atoms with Crippen molar-refractivity contribution in [3.05, 3.63) is 241 Å². The number of nitrogens with zero attached hydrogens (tertiary/aromatic N) is 8. The van der Waals surface area contributed by atoms with Crippen LogP contribution in [0.1, 0.15) is 16.7 Å². The number of rotatable bonds is 8. The summed E-state index contributed by atoms with van der Waals surface area (Å²) in [5, 5.41) is 8.66. The van der Waals surface area contributed by atoms with Crippen LogP contribution < -0.4 is 0 Å². The lowest BCUT2D eigenvalue weighted by Crippen LogP contribution is -2.06. The van der Waals surface area contributed by atoms with Crippen LogP contribution in [0.3, 0.4) is 0 Å². The van der Waals surface area contributed by atoms with Crippen LogP contribution in [0.5, 0.6) is 0 Å². The van der Waals surface area contributed by atoms with Crippen molar-refractivity contribution in [2.75, 3.05) is 0 Å². The first kappa shape index (κ1) is 43.8. The van der Waals surface area contributed by atoms with E-state index in [0.717, 1.165) is 121 Å². The van der Waals surface area contributed by atoms with Crippen LogP contribution >= 0.6 is 0 Å². The molecule has 0 aliphatic rings. The molecule has 6 heterocycles. The summed E-state index contributed by atoms with van der Waals surface area (Å²) in [6.45, 7) is 2.09. The maximum absolute atomic E-state index is 6.67. The molecule has 10 nitrogen and oxygen atoms in total. The molecule has 10 aromatic carbocycles. The highest BCUT2D eigenvalue weighted by Gasteiger charge is 2.23. The Balaban J connectivity index is 0.770. The molecular weight excluding hydrogens is 961 g/mol. The minimum Gasteiger partial charge on any atom is -0.456 e. The summed E-state index contributed by atoms with van der Waals surface area (Å²) in [4.78, 5) is 30.8. The zero-order valence-electron chi connectivity index (χ0n) is 42.0. The third-order valence-corrected chi connectivity index (χ3v) is 15.1. The van der Waals surface area contributed by atoms with Gasteiger partial charge < -0.3 is 8.83 Å². The second-order valence-corrected chi connectivity index (χ2v) is 20.0. The predicted molar refractivity (Wildman–Crippen MR) is 312 cm³/mol. The van der Waals surface area contributed by atoms with Gasteiger partial charge in [-0.15, -0.1) is 0 Å². The van der Waals surface area contributed by atoms with E-state index in [4.69, 9.17) is 38.7 Å². The van der Waals surface area contributed by atoms with Gasteiger partial charge in [0.15, 0.2) is 23.3 Å². The standard InChI is InChI=1S/C68H42N8O2/c1-40-25-31-49-53-36-50-47-21-11-13-23-55(47)75(57(50)38-61(53)78-60(49)33-40)68-73-65(45-19-9-4-10-20-45)70-66(74-68)46-29-26-41(27-30-46)34-42-28-32-59-52(35-42)54-37-51-48-22-12-14-24-56(48)76(58(51)39-62(54)77-59)67-71-63(43-15-5-2-6-16-43)69-64(72-67)44-17-7-3-8-18-44/h2-33,35-39H,34H2,1H3. The summed E-state index contributed by atoms with van der Waals surface area (Å²) in [7, 11) is 0. The van der Waals surface area contributed by atoms with Crippen LogP contribution in [0.25, 0.3) is 145 Å². The molecule has 16 rings (SSSR count). The molecule has 0 aliphatic carbocycles. The predicted octanol–water partition coefficient (Wildman–Crippen LogP) is 16.6. The lowest BCUT2D eigenvalue weighted by atomic mass is 10.0. The van der Waals surface area contributed by atoms with Gasteiger partial charge in [0.2, 0.25) is 11.9 Å². The van der Waals surface area contributed by atoms with E-state index < -0.39 is 0 Å². The molecule has 78 heavy (non-hydrogen) atoms. The van der Waals surface area contributed by atoms with Crippen molar-refractivity contribution in [1.82, 2.24) is 39.0 Å². The summed E-state index contributed by atoms with van der Waals surface area (Å²) in [5.74, 6) is 3.45. The highest BCUT2D eigenvalue weighted by Crippen LogP contribution is 2.41. The number of benzene rings is 10. The molecular formula is C68H42N8O2. The summed E-state index contributed by atoms with van der Waals surface area (Å²) in [6, 6.07) is 77.4. The fraction of sp³-hybridized carbons (Fsp3) is 0.0294. The molecule has 0 radical (unpaired) electrons. The first-order valence-corrected chi connectivity index (χ1v) is 26.0. The van der Waals surface area contributed by atoms with E-state index in [-0.39, 0.29) is 0 Å². The SMILES string of the molecule is Cc1ccc2c(c1)oc1cc3c(cc12)c1ccccc1n3-c1nc(-c2ccccc2)nc(-c2ccc(Cc3ccc4oc5cc6c(cc5c4c3)c3ccccc3n6-c3nc(-c4ccccc4)nc(-c4ccccc4)n3)cc2)n1. The van der Waals surface area contributed by atoms with E-state index in [9.17, 15) is 0 Å². The Morgan fingerprint density at radius 2 is 0.718 bits per heavy atom. The molecule has 366 valence electrons. The van der Waals surface area contributed by atoms with Crippen LogP contribution in [-0.2, 0) is 6.42 Å². The molecule has 0 aliphatic heterocycles. The fourth-order valence-corrected chi connectivity index (χ4v) is 11.4. The summed E-state index contributed by atoms with van der Waals surface area (Å²) >= 11 is 0. The Kier molecular flexibility index (Phi) is 9.68. The topological polar surface area (TPSA) is 113 Å². The molecule has 0 unspecified atom stereocenters. The Labute approximate surface area is 445 Å². The fourth-order valence-electron chi connectivity index (χ4n) is 11.4. The van der Waals surface area contributed by atoms with Gasteiger partial charge in [0, 0.05) is 77.5 Å². The zero-order valence-corrected chi connectivity index (χ0v) is 42.0. The third kappa shape index (κ3) is 7.11. The zero-order chi connectivity index (χ0) is 51.4. The van der Waals surface area contributed by atoms with Gasteiger partial charge in [-0.1, -0.05) is 170 Å². The first-order valence-electron chi connectivity index (χ1n) is 26.0. The van der Waals surface area contributed by atoms with Crippen molar-refractivity contribution in [3.8, 4) is 57.4 Å². The van der Waals surface area contributed by atoms with Crippen LogP contribution in [0.15, 0.2) is 233 Å². The molecule has 0 bridgehead atoms. The minimum atomic E-state index is 0.531. The van der Waals surface area contributed by atoms with Crippen LogP contribution in [0, 0.1) is 6.92 Å². The molecule has 0 saturated heterocycles. The van der Waals surface area contributed by atoms with E-state index in [0.29, 0.717) is 41.6 Å². The van der Waals surface area contributed by atoms with Crippen LogP contribution in [0.4, 0.5) is 0 Å². The van der Waals surface area contributed by atoms with Crippen molar-refractivity contribution in [3.63, 3.8) is 0 Å². The monoisotopic (exact) mass is 1000 g/mol. The summed E-state index contributed by atoms with van der Waals surface area (Å²) in [6.07, 6.45) is 0.714.